The molecule has 0 bridgehead atoms. The lowest BCUT2D eigenvalue weighted by Crippen LogP contribution is -2.23. The Kier molecular flexibility index (Phi) is 5.79. The van der Waals surface area contributed by atoms with Gasteiger partial charge in [0, 0.05) is 30.9 Å². The second-order valence-electron chi connectivity index (χ2n) is 4.72. The fourth-order valence-electron chi connectivity index (χ4n) is 1.71. The van der Waals surface area contributed by atoms with Crippen LogP contribution >= 0.6 is 23.1 Å². The highest BCUT2D eigenvalue weighted by Gasteiger charge is 2.12. The van der Waals surface area contributed by atoms with E-state index in [1.807, 2.05) is 23.9 Å². The van der Waals surface area contributed by atoms with E-state index in [1.165, 1.54) is 23.1 Å². The second kappa shape index (κ2) is 7.40. The molecule has 0 aliphatic heterocycles. The number of imidazole rings is 1. The van der Waals surface area contributed by atoms with Crippen molar-refractivity contribution < 1.29 is 13.2 Å². The van der Waals surface area contributed by atoms with Crippen LogP contribution in [0.3, 0.4) is 0 Å². The Hall–Kier alpha value is -1.16. The Morgan fingerprint density at radius 3 is 2.86 bits per heavy atom. The van der Waals surface area contributed by atoms with E-state index < -0.39 is 10.0 Å². The van der Waals surface area contributed by atoms with Gasteiger partial charge in [-0.2, -0.15) is 0 Å². The molecule has 1 N–H and O–H groups in total. The number of Topliss-reactive ketones (excluding diaryl/α,β-unsaturated/α-hetero) is 1. The SMILES string of the molecule is Cn1ccnc1SCC(=O)c1ccc(CCNS(C)(=O)=O)s1. The molecule has 9 heteroatoms. The molecule has 0 atom stereocenters. The van der Waals surface area contributed by atoms with Crippen LogP contribution in [0.2, 0.25) is 0 Å². The number of aromatic nitrogens is 2. The molecule has 120 valence electrons. The van der Waals surface area contributed by atoms with Gasteiger partial charge in [0.15, 0.2) is 10.9 Å². The van der Waals surface area contributed by atoms with Gasteiger partial charge in [0.2, 0.25) is 10.0 Å². The number of rotatable bonds is 8. The van der Waals surface area contributed by atoms with Gasteiger partial charge in [-0.05, 0) is 18.6 Å². The topological polar surface area (TPSA) is 81.1 Å². The standard InChI is InChI=1S/C13H17N3O3S3/c1-16-8-7-14-13(16)20-9-11(17)12-4-3-10(21-12)5-6-15-22(2,18)19/h3-4,7-8,15H,5-6,9H2,1-2H3. The van der Waals surface area contributed by atoms with Gasteiger partial charge < -0.3 is 4.57 Å². The van der Waals surface area contributed by atoms with E-state index in [4.69, 9.17) is 0 Å². The van der Waals surface area contributed by atoms with Crippen LogP contribution in [0.1, 0.15) is 14.5 Å². The fraction of sp³-hybridized carbons (Fsp3) is 0.385. The third-order valence-electron chi connectivity index (χ3n) is 2.78. The highest BCUT2D eigenvalue weighted by atomic mass is 32.2. The van der Waals surface area contributed by atoms with Crippen LogP contribution in [0.5, 0.6) is 0 Å². The second-order valence-corrected chi connectivity index (χ2v) is 8.66. The van der Waals surface area contributed by atoms with Crippen LogP contribution in [0.4, 0.5) is 0 Å². The lowest BCUT2D eigenvalue weighted by atomic mass is 10.3. The maximum absolute atomic E-state index is 12.1. The zero-order chi connectivity index (χ0) is 16.2. The van der Waals surface area contributed by atoms with E-state index in [1.54, 1.807) is 12.3 Å². The number of hydrogen-bond donors (Lipinski definition) is 1. The number of aryl methyl sites for hydroxylation is 1. The van der Waals surface area contributed by atoms with Gasteiger partial charge in [0.05, 0.1) is 16.9 Å². The molecule has 0 spiro atoms. The maximum atomic E-state index is 12.1. The zero-order valence-corrected chi connectivity index (χ0v) is 14.7. The minimum absolute atomic E-state index is 0.0559. The first-order chi connectivity index (χ1) is 10.3. The first-order valence-electron chi connectivity index (χ1n) is 6.52. The van der Waals surface area contributed by atoms with Gasteiger partial charge in [-0.3, -0.25) is 4.79 Å². The summed E-state index contributed by atoms with van der Waals surface area (Å²) in [6.07, 6.45) is 5.25. The van der Waals surface area contributed by atoms with E-state index in [9.17, 15) is 13.2 Å². The Morgan fingerprint density at radius 1 is 1.45 bits per heavy atom. The molecule has 0 unspecified atom stereocenters. The third kappa shape index (κ3) is 5.24. The zero-order valence-electron chi connectivity index (χ0n) is 12.3. The minimum Gasteiger partial charge on any atom is -0.329 e. The number of hydrogen-bond acceptors (Lipinski definition) is 6. The summed E-state index contributed by atoms with van der Waals surface area (Å²) in [7, 11) is -1.28. The highest BCUT2D eigenvalue weighted by Crippen LogP contribution is 2.21. The summed E-state index contributed by atoms with van der Waals surface area (Å²) in [6, 6.07) is 3.66. The Morgan fingerprint density at radius 2 is 2.23 bits per heavy atom. The molecular formula is C13H17N3O3S3. The number of sulfonamides is 1. The van der Waals surface area contributed by atoms with Crippen LogP contribution in [0.25, 0.3) is 0 Å². The summed E-state index contributed by atoms with van der Waals surface area (Å²) in [5, 5.41) is 0.808. The number of nitrogens with one attached hydrogen (secondary N) is 1. The van der Waals surface area contributed by atoms with E-state index in [2.05, 4.69) is 9.71 Å². The fourth-order valence-corrected chi connectivity index (χ4v) is 4.04. The average Bonchev–Trinajstić information content (AvgIpc) is 3.04. The van der Waals surface area contributed by atoms with Crippen molar-refractivity contribution in [1.29, 1.82) is 0 Å². The number of thioether (sulfide) groups is 1. The molecular weight excluding hydrogens is 342 g/mol. The number of carbonyl (C=O) groups excluding carboxylic acids is 1. The molecule has 22 heavy (non-hydrogen) atoms. The minimum atomic E-state index is -3.17. The van der Waals surface area contributed by atoms with Gasteiger partial charge in [-0.1, -0.05) is 11.8 Å². The maximum Gasteiger partial charge on any atom is 0.208 e. The molecule has 0 aliphatic rings. The largest absolute Gasteiger partial charge is 0.329 e. The van der Waals surface area contributed by atoms with Crippen LogP contribution in [0, 0.1) is 0 Å². The monoisotopic (exact) mass is 359 g/mol. The molecule has 0 aromatic carbocycles. The molecule has 0 saturated heterocycles. The van der Waals surface area contributed by atoms with Crippen molar-refractivity contribution in [2.75, 3.05) is 18.6 Å². The van der Waals surface area contributed by atoms with Crippen molar-refractivity contribution >= 4 is 38.9 Å². The molecule has 0 aliphatic carbocycles. The summed E-state index contributed by atoms with van der Waals surface area (Å²) in [4.78, 5) is 18.0. The molecule has 0 radical (unpaired) electrons. The van der Waals surface area contributed by atoms with Crippen molar-refractivity contribution in [3.63, 3.8) is 0 Å². The molecule has 2 aromatic rings. The molecule has 2 rings (SSSR count). The number of carbonyl (C=O) groups is 1. The molecule has 0 saturated carbocycles. The quantitative estimate of drug-likeness (QED) is 0.571. The van der Waals surface area contributed by atoms with E-state index in [0.29, 0.717) is 23.6 Å². The van der Waals surface area contributed by atoms with Gasteiger partial charge in [-0.15, -0.1) is 11.3 Å². The lowest BCUT2D eigenvalue weighted by molar-refractivity contribution is 0.102. The predicted octanol–water partition coefficient (Wildman–Crippen LogP) is 1.55. The summed E-state index contributed by atoms with van der Waals surface area (Å²) < 4.78 is 26.3. The van der Waals surface area contributed by atoms with E-state index >= 15 is 0 Å². The van der Waals surface area contributed by atoms with Crippen molar-refractivity contribution in [1.82, 2.24) is 14.3 Å². The van der Waals surface area contributed by atoms with Crippen molar-refractivity contribution in [2.24, 2.45) is 7.05 Å². The van der Waals surface area contributed by atoms with E-state index in [0.717, 1.165) is 16.3 Å². The molecule has 2 heterocycles. The van der Waals surface area contributed by atoms with Gasteiger partial charge >= 0.3 is 0 Å². The Labute approximate surface area is 138 Å². The van der Waals surface area contributed by atoms with Gasteiger partial charge in [0.25, 0.3) is 0 Å². The molecule has 0 fully saturated rings. The molecule has 6 nitrogen and oxygen atoms in total. The van der Waals surface area contributed by atoms with Crippen molar-refractivity contribution in [3.8, 4) is 0 Å². The lowest BCUT2D eigenvalue weighted by Gasteiger charge is -2.00. The first kappa shape index (κ1) is 17.2. The van der Waals surface area contributed by atoms with Crippen LogP contribution in [-0.2, 0) is 23.5 Å². The number of nitrogens with zero attached hydrogens (tertiary/aromatic N) is 2. The summed E-state index contributed by atoms with van der Waals surface area (Å²) in [6.45, 7) is 0.342. The van der Waals surface area contributed by atoms with Crippen LogP contribution < -0.4 is 4.72 Å². The van der Waals surface area contributed by atoms with Gasteiger partial charge in [-0.25, -0.2) is 18.1 Å². The normalized spacial score (nSPS) is 11.7. The molecule has 0 amide bonds. The Balaban J connectivity index is 1.85. The summed E-state index contributed by atoms with van der Waals surface area (Å²) in [5.41, 5.74) is 0. The average molecular weight is 359 g/mol. The number of ketones is 1. The highest BCUT2D eigenvalue weighted by molar-refractivity contribution is 7.99. The third-order valence-corrected chi connectivity index (χ3v) is 5.75. The van der Waals surface area contributed by atoms with Crippen LogP contribution in [-0.4, -0.2) is 42.3 Å². The summed E-state index contributed by atoms with van der Waals surface area (Å²) in [5.74, 6) is 0.396. The smallest absolute Gasteiger partial charge is 0.208 e. The van der Waals surface area contributed by atoms with Gasteiger partial charge in [0.1, 0.15) is 0 Å². The van der Waals surface area contributed by atoms with Crippen molar-refractivity contribution in [2.45, 2.75) is 11.6 Å². The van der Waals surface area contributed by atoms with Crippen LogP contribution in [0.15, 0.2) is 29.7 Å². The molecule has 2 aromatic heterocycles. The van der Waals surface area contributed by atoms with Crippen molar-refractivity contribution in [3.05, 3.63) is 34.3 Å². The summed E-state index contributed by atoms with van der Waals surface area (Å²) >= 11 is 2.81. The van der Waals surface area contributed by atoms with E-state index in [-0.39, 0.29) is 5.78 Å². The number of thiophene rings is 1. The predicted molar refractivity (Wildman–Crippen MR) is 89.1 cm³/mol. The first-order valence-corrected chi connectivity index (χ1v) is 10.2. The Bertz CT molecular complexity index is 749.